The first-order valence-corrected chi connectivity index (χ1v) is 6.64. The van der Waals surface area contributed by atoms with Crippen molar-refractivity contribution in [1.82, 2.24) is 5.32 Å². The van der Waals surface area contributed by atoms with Crippen molar-refractivity contribution in [2.45, 2.75) is 11.8 Å². The maximum absolute atomic E-state index is 11.9. The summed E-state index contributed by atoms with van der Waals surface area (Å²) in [5.41, 5.74) is 0.307. The predicted molar refractivity (Wildman–Crippen MR) is 76.3 cm³/mol. The Morgan fingerprint density at radius 2 is 2.06 bits per heavy atom. The van der Waals surface area contributed by atoms with Crippen molar-refractivity contribution in [1.29, 1.82) is 0 Å². The molecule has 0 heterocycles. The number of aromatic hydroxyl groups is 1. The highest BCUT2D eigenvalue weighted by Crippen LogP contribution is 2.28. The Hall–Kier alpha value is -1.55. The molecule has 2 aromatic rings. The van der Waals surface area contributed by atoms with Gasteiger partial charge >= 0.3 is 0 Å². The average Bonchev–Trinajstić information content (AvgIpc) is 2.37. The lowest BCUT2D eigenvalue weighted by Crippen LogP contribution is -2.28. The molecule has 0 aliphatic rings. The van der Waals surface area contributed by atoms with Crippen molar-refractivity contribution < 1.29 is 9.90 Å². The Labute approximate surface area is 114 Å². The maximum Gasteiger partial charge on any atom is 0.255 e. The third-order valence-corrected chi connectivity index (χ3v) is 3.01. The number of benzene rings is 2. The van der Waals surface area contributed by atoms with Crippen LogP contribution in [0.25, 0.3) is 10.8 Å². The molecule has 94 valence electrons. The van der Waals surface area contributed by atoms with Crippen LogP contribution in [0.3, 0.4) is 0 Å². The van der Waals surface area contributed by atoms with Gasteiger partial charge in [0, 0.05) is 16.8 Å². The van der Waals surface area contributed by atoms with Crippen molar-refractivity contribution in [2.75, 3.05) is 6.54 Å². The van der Waals surface area contributed by atoms with E-state index in [1.54, 1.807) is 12.1 Å². The SMILES string of the molecule is CC(Br)CNC(=O)c1ccc2ccccc2c1O. The van der Waals surface area contributed by atoms with E-state index in [0.29, 0.717) is 17.5 Å². The number of halogens is 1. The van der Waals surface area contributed by atoms with Gasteiger partial charge in [-0.3, -0.25) is 4.79 Å². The Kier molecular flexibility index (Phi) is 3.87. The van der Waals surface area contributed by atoms with Gasteiger partial charge in [0.2, 0.25) is 0 Å². The minimum absolute atomic E-state index is 0.0350. The van der Waals surface area contributed by atoms with Gasteiger partial charge in [-0.2, -0.15) is 0 Å². The molecule has 0 saturated carbocycles. The van der Waals surface area contributed by atoms with Gasteiger partial charge < -0.3 is 10.4 Å². The maximum atomic E-state index is 11.9. The molecule has 0 bridgehead atoms. The molecule has 0 spiro atoms. The number of phenols is 1. The van der Waals surface area contributed by atoms with E-state index in [2.05, 4.69) is 21.2 Å². The van der Waals surface area contributed by atoms with Gasteiger partial charge in [0.15, 0.2) is 0 Å². The lowest BCUT2D eigenvalue weighted by atomic mass is 10.0. The number of nitrogens with one attached hydrogen (secondary N) is 1. The first-order valence-electron chi connectivity index (χ1n) is 5.72. The van der Waals surface area contributed by atoms with Crippen molar-refractivity contribution in [3.8, 4) is 5.75 Å². The van der Waals surface area contributed by atoms with Crippen LogP contribution >= 0.6 is 15.9 Å². The van der Waals surface area contributed by atoms with Gasteiger partial charge in [-0.05, 0) is 11.5 Å². The number of fused-ring (bicyclic) bond motifs is 1. The number of rotatable bonds is 3. The van der Waals surface area contributed by atoms with Crippen LogP contribution in [0.1, 0.15) is 17.3 Å². The third-order valence-electron chi connectivity index (χ3n) is 2.69. The average molecular weight is 308 g/mol. The zero-order valence-electron chi connectivity index (χ0n) is 9.98. The Morgan fingerprint density at radius 3 is 2.78 bits per heavy atom. The lowest BCUT2D eigenvalue weighted by Gasteiger charge is -2.09. The Balaban J connectivity index is 2.34. The summed E-state index contributed by atoms with van der Waals surface area (Å²) < 4.78 is 0. The molecule has 18 heavy (non-hydrogen) atoms. The van der Waals surface area contributed by atoms with Crippen LogP contribution in [0.5, 0.6) is 5.75 Å². The van der Waals surface area contributed by atoms with Crippen LogP contribution in [-0.4, -0.2) is 22.4 Å². The van der Waals surface area contributed by atoms with E-state index >= 15 is 0 Å². The molecule has 2 rings (SSSR count). The van der Waals surface area contributed by atoms with Crippen molar-refractivity contribution >= 4 is 32.6 Å². The number of carbonyl (C=O) groups is 1. The normalized spacial score (nSPS) is 12.3. The molecule has 0 radical (unpaired) electrons. The smallest absolute Gasteiger partial charge is 0.255 e. The molecule has 0 aromatic heterocycles. The number of alkyl halides is 1. The molecule has 0 saturated heterocycles. The summed E-state index contributed by atoms with van der Waals surface area (Å²) in [5, 5.41) is 14.5. The summed E-state index contributed by atoms with van der Waals surface area (Å²) in [5.74, 6) is -0.225. The summed E-state index contributed by atoms with van der Waals surface area (Å²) in [4.78, 5) is 12.1. The van der Waals surface area contributed by atoms with E-state index in [-0.39, 0.29) is 16.5 Å². The van der Waals surface area contributed by atoms with Gasteiger partial charge in [0.1, 0.15) is 5.75 Å². The van der Waals surface area contributed by atoms with Crippen LogP contribution in [0.15, 0.2) is 36.4 Å². The number of hydrogen-bond donors (Lipinski definition) is 2. The second kappa shape index (κ2) is 5.40. The second-order valence-corrected chi connectivity index (χ2v) is 5.74. The zero-order chi connectivity index (χ0) is 13.1. The first-order chi connectivity index (χ1) is 8.59. The molecule has 3 nitrogen and oxygen atoms in total. The van der Waals surface area contributed by atoms with Crippen molar-refractivity contribution in [3.63, 3.8) is 0 Å². The highest BCUT2D eigenvalue weighted by atomic mass is 79.9. The van der Waals surface area contributed by atoms with Crippen molar-refractivity contribution in [2.24, 2.45) is 0 Å². The molecule has 0 aliphatic heterocycles. The molecule has 0 fully saturated rings. The summed E-state index contributed by atoms with van der Waals surface area (Å²) in [7, 11) is 0. The van der Waals surface area contributed by atoms with E-state index < -0.39 is 0 Å². The Bertz CT molecular complexity index is 581. The second-order valence-electron chi connectivity index (χ2n) is 4.17. The molecule has 4 heteroatoms. The van der Waals surface area contributed by atoms with E-state index in [9.17, 15) is 9.90 Å². The number of amides is 1. The number of hydrogen-bond acceptors (Lipinski definition) is 2. The standard InChI is InChI=1S/C14H14BrNO2/c1-9(15)8-16-14(18)12-7-6-10-4-2-3-5-11(10)13(12)17/h2-7,9,17H,8H2,1H3,(H,16,18). The molecular formula is C14H14BrNO2. The lowest BCUT2D eigenvalue weighted by molar-refractivity contribution is 0.0952. The summed E-state index contributed by atoms with van der Waals surface area (Å²) >= 11 is 3.36. The summed E-state index contributed by atoms with van der Waals surface area (Å²) in [6.45, 7) is 2.46. The fraction of sp³-hybridized carbons (Fsp3) is 0.214. The van der Waals surface area contributed by atoms with Crippen LogP contribution in [0.2, 0.25) is 0 Å². The first kappa shape index (κ1) is 12.9. The van der Waals surface area contributed by atoms with Crippen molar-refractivity contribution in [3.05, 3.63) is 42.0 Å². The van der Waals surface area contributed by atoms with Crippen LogP contribution in [0.4, 0.5) is 0 Å². The molecule has 0 aliphatic carbocycles. The van der Waals surface area contributed by atoms with Gasteiger partial charge in [0.05, 0.1) is 5.56 Å². The molecule has 1 atom stereocenters. The van der Waals surface area contributed by atoms with E-state index in [0.717, 1.165) is 5.39 Å². The van der Waals surface area contributed by atoms with E-state index in [1.165, 1.54) is 0 Å². The molecule has 1 amide bonds. The van der Waals surface area contributed by atoms with Crippen LogP contribution in [-0.2, 0) is 0 Å². The van der Waals surface area contributed by atoms with Gasteiger partial charge in [-0.1, -0.05) is 53.2 Å². The van der Waals surface area contributed by atoms with Gasteiger partial charge in [0.25, 0.3) is 5.91 Å². The monoisotopic (exact) mass is 307 g/mol. The molecule has 2 aromatic carbocycles. The highest BCUT2D eigenvalue weighted by molar-refractivity contribution is 9.09. The van der Waals surface area contributed by atoms with Gasteiger partial charge in [-0.25, -0.2) is 0 Å². The minimum Gasteiger partial charge on any atom is -0.506 e. The molecule has 2 N–H and O–H groups in total. The fourth-order valence-electron chi connectivity index (χ4n) is 1.77. The predicted octanol–water partition coefficient (Wildman–Crippen LogP) is 3.06. The zero-order valence-corrected chi connectivity index (χ0v) is 11.6. The fourth-order valence-corrected chi connectivity index (χ4v) is 1.93. The topological polar surface area (TPSA) is 49.3 Å². The highest BCUT2D eigenvalue weighted by Gasteiger charge is 2.13. The summed E-state index contributed by atoms with van der Waals surface area (Å²) in [6.07, 6.45) is 0. The summed E-state index contributed by atoms with van der Waals surface area (Å²) in [6, 6.07) is 10.9. The molecular weight excluding hydrogens is 294 g/mol. The minimum atomic E-state index is -0.260. The van der Waals surface area contributed by atoms with Crippen LogP contribution < -0.4 is 5.32 Å². The number of phenolic OH excluding ortho intramolecular Hbond substituents is 1. The quantitative estimate of drug-likeness (QED) is 0.856. The Morgan fingerprint density at radius 1 is 1.33 bits per heavy atom. The number of carbonyl (C=O) groups excluding carboxylic acids is 1. The van der Waals surface area contributed by atoms with E-state index in [1.807, 2.05) is 31.2 Å². The molecule has 1 unspecified atom stereocenters. The largest absolute Gasteiger partial charge is 0.506 e. The van der Waals surface area contributed by atoms with Crippen LogP contribution in [0, 0.1) is 0 Å². The van der Waals surface area contributed by atoms with E-state index in [4.69, 9.17) is 0 Å². The van der Waals surface area contributed by atoms with Gasteiger partial charge in [-0.15, -0.1) is 0 Å². The third kappa shape index (κ3) is 2.64.